The second-order valence-corrected chi connectivity index (χ2v) is 8.37. The van der Waals surface area contributed by atoms with E-state index < -0.39 is 0 Å². The lowest BCUT2D eigenvalue weighted by Gasteiger charge is -2.19. The van der Waals surface area contributed by atoms with Gasteiger partial charge < -0.3 is 20.1 Å². The minimum Gasteiger partial charge on any atom is -0.493 e. The minimum absolute atomic E-state index is 0.0521. The number of ether oxygens (including phenoxy) is 2. The summed E-state index contributed by atoms with van der Waals surface area (Å²) in [6.45, 7) is 7.96. The summed E-state index contributed by atoms with van der Waals surface area (Å²) in [7, 11) is 1.61. The quantitative estimate of drug-likeness (QED) is 0.530. The summed E-state index contributed by atoms with van der Waals surface area (Å²) < 4.78 is 11.1. The standard InChI is InChI=1S/C23H30N2O4S/c1-6-13-29-21-12-7-18(14-22(21)28-5)15(2)24-23(27)16(3)30-20-10-8-19(9-11-20)25-17(4)26/h7-12,14-16H,6,13H2,1-5H3,(H,24,27)(H,25,26). The number of anilines is 1. The van der Waals surface area contributed by atoms with E-state index in [9.17, 15) is 9.59 Å². The van der Waals surface area contributed by atoms with Crippen LogP contribution in [0.15, 0.2) is 47.4 Å². The second kappa shape index (κ2) is 11.5. The highest BCUT2D eigenvalue weighted by Gasteiger charge is 2.18. The van der Waals surface area contributed by atoms with Gasteiger partial charge in [-0.25, -0.2) is 0 Å². The molecular formula is C23H30N2O4S. The van der Waals surface area contributed by atoms with Gasteiger partial charge in [0.1, 0.15) is 0 Å². The van der Waals surface area contributed by atoms with Gasteiger partial charge in [-0.1, -0.05) is 13.0 Å². The molecule has 2 aromatic carbocycles. The van der Waals surface area contributed by atoms with Gasteiger partial charge in [0.05, 0.1) is 25.0 Å². The molecule has 0 saturated carbocycles. The monoisotopic (exact) mass is 430 g/mol. The Hall–Kier alpha value is -2.67. The number of rotatable bonds is 10. The highest BCUT2D eigenvalue weighted by molar-refractivity contribution is 8.00. The number of hydrogen-bond donors (Lipinski definition) is 2. The third-order valence-corrected chi connectivity index (χ3v) is 5.48. The van der Waals surface area contributed by atoms with E-state index in [4.69, 9.17) is 9.47 Å². The smallest absolute Gasteiger partial charge is 0.233 e. The topological polar surface area (TPSA) is 76.7 Å². The molecule has 7 heteroatoms. The van der Waals surface area contributed by atoms with Gasteiger partial charge >= 0.3 is 0 Å². The summed E-state index contributed by atoms with van der Waals surface area (Å²) in [5.41, 5.74) is 1.68. The molecule has 2 amide bonds. The molecule has 162 valence electrons. The van der Waals surface area contributed by atoms with Crippen molar-refractivity contribution < 1.29 is 19.1 Å². The predicted octanol–water partition coefficient (Wildman–Crippen LogP) is 4.80. The molecule has 0 heterocycles. The SMILES string of the molecule is CCCOc1ccc(C(C)NC(=O)C(C)Sc2ccc(NC(C)=O)cc2)cc1OC. The summed E-state index contributed by atoms with van der Waals surface area (Å²) in [6.07, 6.45) is 0.920. The first-order chi connectivity index (χ1) is 14.3. The molecule has 0 aliphatic heterocycles. The Bertz CT molecular complexity index is 855. The number of hydrogen-bond acceptors (Lipinski definition) is 5. The van der Waals surface area contributed by atoms with Crippen molar-refractivity contribution in [3.63, 3.8) is 0 Å². The molecule has 0 spiro atoms. The van der Waals surface area contributed by atoms with Crippen molar-refractivity contribution >= 4 is 29.3 Å². The first-order valence-electron chi connectivity index (χ1n) is 9.99. The van der Waals surface area contributed by atoms with Crippen molar-refractivity contribution in [2.75, 3.05) is 19.0 Å². The summed E-state index contributed by atoms with van der Waals surface area (Å²) in [4.78, 5) is 24.7. The normalized spacial score (nSPS) is 12.6. The first-order valence-corrected chi connectivity index (χ1v) is 10.9. The van der Waals surface area contributed by atoms with Crippen LogP contribution in [-0.4, -0.2) is 30.8 Å². The van der Waals surface area contributed by atoms with Crippen LogP contribution in [0.5, 0.6) is 11.5 Å². The maximum Gasteiger partial charge on any atom is 0.233 e. The molecular weight excluding hydrogens is 400 g/mol. The van der Waals surface area contributed by atoms with Crippen LogP contribution in [0.25, 0.3) is 0 Å². The Labute approximate surface area is 182 Å². The van der Waals surface area contributed by atoms with Gasteiger partial charge in [0.2, 0.25) is 11.8 Å². The third-order valence-electron chi connectivity index (χ3n) is 4.36. The van der Waals surface area contributed by atoms with E-state index in [2.05, 4.69) is 17.6 Å². The maximum absolute atomic E-state index is 12.7. The highest BCUT2D eigenvalue weighted by Crippen LogP contribution is 2.31. The molecule has 2 rings (SSSR count). The summed E-state index contributed by atoms with van der Waals surface area (Å²) in [6, 6.07) is 13.0. The number of benzene rings is 2. The fraction of sp³-hybridized carbons (Fsp3) is 0.391. The van der Waals surface area contributed by atoms with E-state index in [1.807, 2.05) is 56.3 Å². The molecule has 0 saturated heterocycles. The lowest BCUT2D eigenvalue weighted by molar-refractivity contribution is -0.121. The Balaban J connectivity index is 1.96. The van der Waals surface area contributed by atoms with Crippen LogP contribution in [0.4, 0.5) is 5.69 Å². The predicted molar refractivity (Wildman–Crippen MR) is 121 cm³/mol. The van der Waals surface area contributed by atoms with Crippen LogP contribution < -0.4 is 20.1 Å². The van der Waals surface area contributed by atoms with E-state index in [1.54, 1.807) is 7.11 Å². The van der Waals surface area contributed by atoms with Crippen LogP contribution in [0.1, 0.15) is 45.7 Å². The Morgan fingerprint density at radius 3 is 2.37 bits per heavy atom. The van der Waals surface area contributed by atoms with Crippen LogP contribution in [0, 0.1) is 0 Å². The Kier molecular flexibility index (Phi) is 9.05. The summed E-state index contributed by atoms with van der Waals surface area (Å²) >= 11 is 1.47. The van der Waals surface area contributed by atoms with Crippen molar-refractivity contribution in [2.45, 2.75) is 50.3 Å². The van der Waals surface area contributed by atoms with Crippen molar-refractivity contribution in [1.29, 1.82) is 0 Å². The summed E-state index contributed by atoms with van der Waals surface area (Å²) in [5.74, 6) is 1.19. The average molecular weight is 431 g/mol. The molecule has 0 aliphatic rings. The van der Waals surface area contributed by atoms with Crippen LogP contribution in [-0.2, 0) is 9.59 Å². The molecule has 2 unspecified atom stereocenters. The maximum atomic E-state index is 12.7. The average Bonchev–Trinajstić information content (AvgIpc) is 2.72. The van der Waals surface area contributed by atoms with E-state index in [-0.39, 0.29) is 23.1 Å². The van der Waals surface area contributed by atoms with Crippen molar-refractivity contribution in [1.82, 2.24) is 5.32 Å². The molecule has 2 N–H and O–H groups in total. The molecule has 0 aliphatic carbocycles. The number of amides is 2. The van der Waals surface area contributed by atoms with Gasteiger partial charge in [0, 0.05) is 17.5 Å². The van der Waals surface area contributed by atoms with Gasteiger partial charge in [-0.05, 0) is 62.2 Å². The molecule has 2 atom stereocenters. The number of carbonyl (C=O) groups excluding carboxylic acids is 2. The summed E-state index contributed by atoms with van der Waals surface area (Å²) in [5, 5.41) is 5.51. The fourth-order valence-electron chi connectivity index (χ4n) is 2.78. The number of methoxy groups -OCH3 is 1. The van der Waals surface area contributed by atoms with Crippen LogP contribution >= 0.6 is 11.8 Å². The minimum atomic E-state index is -0.270. The second-order valence-electron chi connectivity index (χ2n) is 6.95. The fourth-order valence-corrected chi connectivity index (χ4v) is 3.65. The zero-order chi connectivity index (χ0) is 22.1. The molecule has 0 bridgehead atoms. The molecule has 0 radical (unpaired) electrons. The number of nitrogens with one attached hydrogen (secondary N) is 2. The van der Waals surface area contributed by atoms with Gasteiger partial charge in [0.15, 0.2) is 11.5 Å². The van der Waals surface area contributed by atoms with Gasteiger partial charge in [-0.3, -0.25) is 9.59 Å². The largest absolute Gasteiger partial charge is 0.493 e. The lowest BCUT2D eigenvalue weighted by atomic mass is 10.1. The van der Waals surface area contributed by atoms with Crippen LogP contribution in [0.2, 0.25) is 0 Å². The van der Waals surface area contributed by atoms with Crippen molar-refractivity contribution in [3.05, 3.63) is 48.0 Å². The third kappa shape index (κ3) is 6.99. The molecule has 30 heavy (non-hydrogen) atoms. The zero-order valence-corrected chi connectivity index (χ0v) is 19.0. The van der Waals surface area contributed by atoms with Gasteiger partial charge in [0.25, 0.3) is 0 Å². The molecule has 6 nitrogen and oxygen atoms in total. The molecule has 0 aromatic heterocycles. The van der Waals surface area contributed by atoms with E-state index in [0.717, 1.165) is 22.6 Å². The van der Waals surface area contributed by atoms with Gasteiger partial charge in [-0.15, -0.1) is 11.8 Å². The number of carbonyl (C=O) groups is 2. The van der Waals surface area contributed by atoms with Gasteiger partial charge in [-0.2, -0.15) is 0 Å². The molecule has 2 aromatic rings. The number of thioether (sulfide) groups is 1. The highest BCUT2D eigenvalue weighted by atomic mass is 32.2. The van der Waals surface area contributed by atoms with Crippen molar-refractivity contribution in [3.8, 4) is 11.5 Å². The van der Waals surface area contributed by atoms with Crippen molar-refractivity contribution in [2.24, 2.45) is 0 Å². The lowest BCUT2D eigenvalue weighted by Crippen LogP contribution is -2.33. The van der Waals surface area contributed by atoms with Crippen LogP contribution in [0.3, 0.4) is 0 Å². The Morgan fingerprint density at radius 2 is 1.77 bits per heavy atom. The zero-order valence-electron chi connectivity index (χ0n) is 18.2. The van der Waals surface area contributed by atoms with E-state index in [0.29, 0.717) is 18.1 Å². The Morgan fingerprint density at radius 1 is 1.07 bits per heavy atom. The first kappa shape index (κ1) is 23.6. The van der Waals surface area contributed by atoms with E-state index in [1.165, 1.54) is 18.7 Å². The molecule has 0 fully saturated rings. The van der Waals surface area contributed by atoms with E-state index >= 15 is 0 Å².